The minimum atomic E-state index is -2.88. The first-order chi connectivity index (χ1) is 12.0. The van der Waals surface area contributed by atoms with Gasteiger partial charge in [0.25, 0.3) is 0 Å². The predicted octanol–water partition coefficient (Wildman–Crippen LogP) is 3.83. The van der Waals surface area contributed by atoms with Gasteiger partial charge in [0.15, 0.2) is 0 Å². The number of carbonyl (C=O) groups is 1. The number of hydrogen-bond acceptors (Lipinski definition) is 3. The molecule has 2 aromatic carbocycles. The molecule has 0 saturated heterocycles. The monoisotopic (exact) mass is 413 g/mol. The Kier molecular flexibility index (Phi) is 7.33. The molecule has 0 aliphatic heterocycles. The van der Waals surface area contributed by atoms with Crippen molar-refractivity contribution in [1.82, 2.24) is 5.32 Å². The van der Waals surface area contributed by atoms with Crippen LogP contribution >= 0.6 is 15.9 Å². The van der Waals surface area contributed by atoms with Gasteiger partial charge in [-0.3, -0.25) is 4.79 Å². The van der Waals surface area contributed by atoms with E-state index in [1.807, 2.05) is 24.3 Å². The van der Waals surface area contributed by atoms with Crippen molar-refractivity contribution in [2.24, 2.45) is 0 Å². The first-order valence-corrected chi connectivity index (χ1v) is 8.47. The number of halogens is 3. The molecule has 1 amide bonds. The fraction of sp³-hybridized carbons (Fsp3) is 0.278. The summed E-state index contributed by atoms with van der Waals surface area (Å²) >= 11 is 3.44. The van der Waals surface area contributed by atoms with Crippen molar-refractivity contribution in [3.63, 3.8) is 0 Å². The molecule has 0 saturated carbocycles. The highest BCUT2D eigenvalue weighted by molar-refractivity contribution is 9.10. The molecule has 134 valence electrons. The third-order valence-corrected chi connectivity index (χ3v) is 4.27. The Labute approximate surface area is 152 Å². The summed E-state index contributed by atoms with van der Waals surface area (Å²) in [5.41, 5.74) is 1.56. The smallest absolute Gasteiger partial charge is 0.387 e. The molecule has 0 aliphatic rings. The van der Waals surface area contributed by atoms with E-state index < -0.39 is 6.61 Å². The Morgan fingerprint density at radius 3 is 2.44 bits per heavy atom. The zero-order valence-electron chi connectivity index (χ0n) is 13.3. The van der Waals surface area contributed by atoms with Crippen molar-refractivity contribution >= 4 is 21.8 Å². The second-order valence-corrected chi connectivity index (χ2v) is 6.21. The van der Waals surface area contributed by atoms with Gasteiger partial charge in [0.1, 0.15) is 5.75 Å². The van der Waals surface area contributed by atoms with Crippen molar-refractivity contribution in [3.05, 3.63) is 64.1 Å². The summed E-state index contributed by atoms with van der Waals surface area (Å²) in [5, 5.41) is 12.1. The van der Waals surface area contributed by atoms with Crippen LogP contribution in [0.15, 0.2) is 53.0 Å². The molecule has 0 fully saturated rings. The molecule has 2 aromatic rings. The molecule has 25 heavy (non-hydrogen) atoms. The number of aliphatic hydroxyl groups excluding tert-OH is 1. The number of carbonyl (C=O) groups excluding carboxylic acids is 1. The van der Waals surface area contributed by atoms with Crippen molar-refractivity contribution in [1.29, 1.82) is 0 Å². The van der Waals surface area contributed by atoms with Crippen molar-refractivity contribution in [2.75, 3.05) is 6.61 Å². The maximum atomic E-state index is 12.3. The molecule has 0 heterocycles. The largest absolute Gasteiger partial charge is 0.435 e. The molecule has 0 aliphatic carbocycles. The second-order valence-electron chi connectivity index (χ2n) is 5.35. The van der Waals surface area contributed by atoms with Crippen LogP contribution in [-0.4, -0.2) is 24.2 Å². The zero-order valence-corrected chi connectivity index (χ0v) is 14.9. The lowest BCUT2D eigenvalue weighted by Gasteiger charge is -2.19. The van der Waals surface area contributed by atoms with E-state index in [-0.39, 0.29) is 30.7 Å². The van der Waals surface area contributed by atoms with Crippen LogP contribution in [0.25, 0.3) is 0 Å². The standard InChI is InChI=1S/C18H18BrF2NO3/c19-15-4-2-1-3-14(15)16(9-10-23)22-17(24)11-12-5-7-13(8-6-12)25-18(20)21/h1-8,16,18,23H,9-11H2,(H,22,24). The molecule has 2 rings (SSSR count). The number of ether oxygens (including phenoxy) is 1. The maximum absolute atomic E-state index is 12.3. The van der Waals surface area contributed by atoms with Crippen LogP contribution in [-0.2, 0) is 11.2 Å². The van der Waals surface area contributed by atoms with Crippen LogP contribution in [0.3, 0.4) is 0 Å². The molecule has 0 radical (unpaired) electrons. The third kappa shape index (κ3) is 6.10. The lowest BCUT2D eigenvalue weighted by Crippen LogP contribution is -2.30. The normalized spacial score (nSPS) is 12.0. The van der Waals surface area contributed by atoms with Crippen LogP contribution in [0, 0.1) is 0 Å². The summed E-state index contributed by atoms with van der Waals surface area (Å²) in [4.78, 5) is 12.3. The number of hydrogen-bond donors (Lipinski definition) is 2. The highest BCUT2D eigenvalue weighted by Crippen LogP contribution is 2.25. The van der Waals surface area contributed by atoms with Gasteiger partial charge in [-0.1, -0.05) is 46.3 Å². The van der Waals surface area contributed by atoms with Gasteiger partial charge in [-0.2, -0.15) is 8.78 Å². The Morgan fingerprint density at radius 1 is 1.16 bits per heavy atom. The van der Waals surface area contributed by atoms with E-state index in [1.165, 1.54) is 12.1 Å². The molecule has 2 N–H and O–H groups in total. The topological polar surface area (TPSA) is 58.6 Å². The number of alkyl halides is 2. The average molecular weight is 414 g/mol. The van der Waals surface area contributed by atoms with E-state index in [2.05, 4.69) is 26.0 Å². The van der Waals surface area contributed by atoms with Crippen molar-refractivity contribution in [2.45, 2.75) is 25.5 Å². The second kappa shape index (κ2) is 9.48. The van der Waals surface area contributed by atoms with Crippen molar-refractivity contribution in [3.8, 4) is 5.75 Å². The van der Waals surface area contributed by atoms with E-state index in [1.54, 1.807) is 12.1 Å². The van der Waals surface area contributed by atoms with Crippen molar-refractivity contribution < 1.29 is 23.4 Å². The number of benzene rings is 2. The molecule has 0 bridgehead atoms. The highest BCUT2D eigenvalue weighted by atomic mass is 79.9. The lowest BCUT2D eigenvalue weighted by molar-refractivity contribution is -0.121. The minimum absolute atomic E-state index is 0.0468. The molecule has 7 heteroatoms. The van der Waals surface area contributed by atoms with E-state index in [0.717, 1.165) is 10.0 Å². The third-order valence-electron chi connectivity index (χ3n) is 3.55. The van der Waals surface area contributed by atoms with E-state index in [4.69, 9.17) is 0 Å². The van der Waals surface area contributed by atoms with Crippen LogP contribution in [0.2, 0.25) is 0 Å². The molecule has 1 atom stereocenters. The lowest BCUT2D eigenvalue weighted by atomic mass is 10.0. The Balaban J connectivity index is 2.00. The SMILES string of the molecule is O=C(Cc1ccc(OC(F)F)cc1)NC(CCO)c1ccccc1Br. The fourth-order valence-electron chi connectivity index (χ4n) is 2.41. The Morgan fingerprint density at radius 2 is 1.84 bits per heavy atom. The highest BCUT2D eigenvalue weighted by Gasteiger charge is 2.16. The number of nitrogens with one attached hydrogen (secondary N) is 1. The molecule has 0 spiro atoms. The van der Waals surface area contributed by atoms with E-state index in [9.17, 15) is 18.7 Å². The number of rotatable bonds is 8. The maximum Gasteiger partial charge on any atom is 0.387 e. The van der Waals surface area contributed by atoms with Crippen LogP contribution in [0.5, 0.6) is 5.75 Å². The molecule has 0 aromatic heterocycles. The van der Waals surface area contributed by atoms with Gasteiger partial charge in [-0.05, 0) is 35.7 Å². The summed E-state index contributed by atoms with van der Waals surface area (Å²) in [7, 11) is 0. The average Bonchev–Trinajstić information content (AvgIpc) is 2.56. The van der Waals surface area contributed by atoms with E-state index in [0.29, 0.717) is 12.0 Å². The quantitative estimate of drug-likeness (QED) is 0.691. The Bertz CT molecular complexity index is 695. The summed E-state index contributed by atoms with van der Waals surface area (Å²) in [6.07, 6.45) is 0.483. The van der Waals surface area contributed by atoms with E-state index >= 15 is 0 Å². The van der Waals surface area contributed by atoms with Gasteiger partial charge in [0.2, 0.25) is 5.91 Å². The predicted molar refractivity (Wildman–Crippen MR) is 93.5 cm³/mol. The van der Waals surface area contributed by atoms with Crippen LogP contribution in [0.4, 0.5) is 8.78 Å². The first kappa shape index (κ1) is 19.3. The molecule has 1 unspecified atom stereocenters. The van der Waals surface area contributed by atoms with Gasteiger partial charge in [-0.25, -0.2) is 0 Å². The van der Waals surface area contributed by atoms with Gasteiger partial charge >= 0.3 is 6.61 Å². The van der Waals surface area contributed by atoms with Gasteiger partial charge in [-0.15, -0.1) is 0 Å². The summed E-state index contributed by atoms with van der Waals surface area (Å²) in [6, 6.07) is 13.1. The molecule has 4 nitrogen and oxygen atoms in total. The summed E-state index contributed by atoms with van der Waals surface area (Å²) in [6.45, 7) is -2.94. The molecular weight excluding hydrogens is 396 g/mol. The first-order valence-electron chi connectivity index (χ1n) is 7.68. The van der Waals surface area contributed by atoms with Crippen LogP contribution < -0.4 is 10.1 Å². The fourth-order valence-corrected chi connectivity index (χ4v) is 2.97. The molecular formula is C18H18BrF2NO3. The van der Waals surface area contributed by atoms with Crippen LogP contribution in [0.1, 0.15) is 23.6 Å². The minimum Gasteiger partial charge on any atom is -0.435 e. The van der Waals surface area contributed by atoms with Gasteiger partial charge < -0.3 is 15.2 Å². The Hall–Kier alpha value is -1.99. The summed E-state index contributed by atoms with van der Waals surface area (Å²) in [5.74, 6) is -0.178. The summed E-state index contributed by atoms with van der Waals surface area (Å²) < 4.78 is 29.4. The van der Waals surface area contributed by atoms with Gasteiger partial charge in [0, 0.05) is 11.1 Å². The number of amides is 1. The zero-order chi connectivity index (χ0) is 18.2. The number of aliphatic hydroxyl groups is 1. The van der Waals surface area contributed by atoms with Gasteiger partial charge in [0.05, 0.1) is 12.5 Å².